The normalized spacial score (nSPS) is 15.9. The zero-order valence-corrected chi connectivity index (χ0v) is 13.7. The van der Waals surface area contributed by atoms with Crippen LogP contribution in [0.4, 0.5) is 4.39 Å². The van der Waals surface area contributed by atoms with Crippen LogP contribution >= 0.6 is 0 Å². The Kier molecular flexibility index (Phi) is 3.35. The van der Waals surface area contributed by atoms with E-state index < -0.39 is 0 Å². The summed E-state index contributed by atoms with van der Waals surface area (Å²) < 4.78 is 22.1. The molecular formula is C17H15FN6O2. The van der Waals surface area contributed by atoms with Crippen LogP contribution in [0, 0.1) is 5.82 Å². The zero-order chi connectivity index (χ0) is 17.7. The fraction of sp³-hybridized carbons (Fsp3) is 0.294. The van der Waals surface area contributed by atoms with Gasteiger partial charge in [0.15, 0.2) is 5.65 Å². The maximum Gasteiger partial charge on any atom is 0.327 e. The van der Waals surface area contributed by atoms with Gasteiger partial charge in [0.2, 0.25) is 5.95 Å². The van der Waals surface area contributed by atoms with E-state index in [1.54, 1.807) is 27.7 Å². The number of fused-ring (bicyclic) bond motifs is 2. The second kappa shape index (κ2) is 5.73. The van der Waals surface area contributed by atoms with Crippen LogP contribution in [0.2, 0.25) is 0 Å². The zero-order valence-electron chi connectivity index (χ0n) is 13.7. The molecule has 1 aliphatic rings. The number of halogens is 1. The summed E-state index contributed by atoms with van der Waals surface area (Å²) in [6.45, 7) is 1.25. The van der Waals surface area contributed by atoms with Crippen LogP contribution in [0.15, 0.2) is 35.5 Å². The third kappa shape index (κ3) is 2.31. The standard InChI is InChI=1S/C17H15FN6O2/c18-10-1-2-14-12(7-10)20-9-23(14)16-19-8-13-15(22-16)24(17(25)21-13)11-3-5-26-6-4-11/h1-2,7-9,11H,3-6H2,(H,21,25). The number of aromatic nitrogens is 6. The molecular weight excluding hydrogens is 339 g/mol. The molecule has 9 heteroatoms. The highest BCUT2D eigenvalue weighted by Gasteiger charge is 2.22. The predicted octanol–water partition coefficient (Wildman–Crippen LogP) is 1.95. The Hall–Kier alpha value is -3.07. The van der Waals surface area contributed by atoms with Crippen molar-refractivity contribution in [3.8, 4) is 5.95 Å². The minimum Gasteiger partial charge on any atom is -0.381 e. The Labute approximate surface area is 146 Å². The molecule has 1 fully saturated rings. The second-order valence-corrected chi connectivity index (χ2v) is 6.30. The van der Waals surface area contributed by atoms with Gasteiger partial charge in [-0.3, -0.25) is 9.13 Å². The molecule has 0 spiro atoms. The van der Waals surface area contributed by atoms with E-state index in [1.165, 1.54) is 12.1 Å². The summed E-state index contributed by atoms with van der Waals surface area (Å²) in [5, 5.41) is 0. The number of hydrogen-bond acceptors (Lipinski definition) is 5. The Morgan fingerprint density at radius 1 is 1.23 bits per heavy atom. The molecule has 0 unspecified atom stereocenters. The summed E-state index contributed by atoms with van der Waals surface area (Å²) in [4.78, 5) is 28.4. The van der Waals surface area contributed by atoms with Gasteiger partial charge in [0.05, 0.1) is 17.2 Å². The Bertz CT molecular complexity index is 1170. The molecule has 4 heterocycles. The second-order valence-electron chi connectivity index (χ2n) is 6.30. The number of aromatic amines is 1. The molecule has 5 rings (SSSR count). The lowest BCUT2D eigenvalue weighted by molar-refractivity contribution is 0.0697. The number of nitrogens with one attached hydrogen (secondary N) is 1. The molecule has 3 aromatic heterocycles. The van der Waals surface area contributed by atoms with Crippen LogP contribution < -0.4 is 5.69 Å². The van der Waals surface area contributed by atoms with Gasteiger partial charge in [-0.2, -0.15) is 4.98 Å². The van der Waals surface area contributed by atoms with Crippen LogP contribution in [0.1, 0.15) is 18.9 Å². The number of imidazole rings is 2. The smallest absolute Gasteiger partial charge is 0.327 e. The minimum absolute atomic E-state index is 0.0429. The Balaban J connectivity index is 1.68. The molecule has 1 aromatic carbocycles. The molecule has 0 amide bonds. The summed E-state index contributed by atoms with van der Waals surface area (Å²) in [7, 11) is 0. The first-order chi connectivity index (χ1) is 12.7. The molecule has 8 nitrogen and oxygen atoms in total. The van der Waals surface area contributed by atoms with E-state index in [-0.39, 0.29) is 17.5 Å². The first kappa shape index (κ1) is 15.2. The van der Waals surface area contributed by atoms with E-state index in [9.17, 15) is 9.18 Å². The van der Waals surface area contributed by atoms with Gasteiger partial charge in [-0.25, -0.2) is 19.2 Å². The van der Waals surface area contributed by atoms with Crippen molar-refractivity contribution in [3.63, 3.8) is 0 Å². The number of benzene rings is 1. The maximum atomic E-state index is 13.4. The van der Waals surface area contributed by atoms with Crippen LogP contribution in [-0.2, 0) is 4.74 Å². The van der Waals surface area contributed by atoms with Gasteiger partial charge >= 0.3 is 5.69 Å². The van der Waals surface area contributed by atoms with E-state index in [0.29, 0.717) is 41.4 Å². The topological polar surface area (TPSA) is 90.6 Å². The molecule has 0 saturated carbocycles. The average Bonchev–Trinajstić information content (AvgIpc) is 3.21. The summed E-state index contributed by atoms with van der Waals surface area (Å²) in [6.07, 6.45) is 4.66. The van der Waals surface area contributed by atoms with Crippen molar-refractivity contribution in [2.45, 2.75) is 18.9 Å². The first-order valence-electron chi connectivity index (χ1n) is 8.39. The molecule has 0 radical (unpaired) electrons. The van der Waals surface area contributed by atoms with Crippen molar-refractivity contribution < 1.29 is 9.13 Å². The van der Waals surface area contributed by atoms with Gasteiger partial charge in [-0.05, 0) is 25.0 Å². The number of nitrogens with zero attached hydrogens (tertiary/aromatic N) is 5. The molecule has 4 aromatic rings. The van der Waals surface area contributed by atoms with E-state index in [1.807, 2.05) is 0 Å². The fourth-order valence-electron chi connectivity index (χ4n) is 3.45. The summed E-state index contributed by atoms with van der Waals surface area (Å²) in [5.74, 6) is 0.0320. The van der Waals surface area contributed by atoms with Gasteiger partial charge < -0.3 is 9.72 Å². The van der Waals surface area contributed by atoms with Gasteiger partial charge in [0, 0.05) is 25.3 Å². The van der Waals surface area contributed by atoms with Crippen molar-refractivity contribution in [2.24, 2.45) is 0 Å². The van der Waals surface area contributed by atoms with Crippen molar-refractivity contribution in [1.82, 2.24) is 29.1 Å². The summed E-state index contributed by atoms with van der Waals surface area (Å²) in [6, 6.07) is 4.40. The van der Waals surface area contributed by atoms with Gasteiger partial charge in [0.1, 0.15) is 17.7 Å². The predicted molar refractivity (Wildman–Crippen MR) is 91.8 cm³/mol. The molecule has 0 aliphatic carbocycles. The van der Waals surface area contributed by atoms with Crippen LogP contribution in [0.3, 0.4) is 0 Å². The monoisotopic (exact) mass is 354 g/mol. The number of hydrogen-bond donors (Lipinski definition) is 1. The number of rotatable bonds is 2. The van der Waals surface area contributed by atoms with Crippen LogP contribution in [0.25, 0.3) is 28.1 Å². The van der Waals surface area contributed by atoms with Crippen LogP contribution in [-0.4, -0.2) is 42.3 Å². The van der Waals surface area contributed by atoms with Gasteiger partial charge in [0.25, 0.3) is 0 Å². The molecule has 132 valence electrons. The third-order valence-electron chi connectivity index (χ3n) is 4.73. The lowest BCUT2D eigenvalue weighted by Crippen LogP contribution is -2.27. The highest BCUT2D eigenvalue weighted by molar-refractivity contribution is 5.77. The lowest BCUT2D eigenvalue weighted by atomic mass is 10.1. The Morgan fingerprint density at radius 3 is 2.92 bits per heavy atom. The summed E-state index contributed by atoms with van der Waals surface area (Å²) in [5.41, 5.74) is 2.15. The Morgan fingerprint density at radius 2 is 2.08 bits per heavy atom. The highest BCUT2D eigenvalue weighted by atomic mass is 19.1. The van der Waals surface area contributed by atoms with E-state index in [4.69, 9.17) is 4.74 Å². The van der Waals surface area contributed by atoms with Crippen molar-refractivity contribution in [2.75, 3.05) is 13.2 Å². The largest absolute Gasteiger partial charge is 0.381 e. The van der Waals surface area contributed by atoms with Gasteiger partial charge in [-0.15, -0.1) is 0 Å². The van der Waals surface area contributed by atoms with Crippen molar-refractivity contribution in [1.29, 1.82) is 0 Å². The highest BCUT2D eigenvalue weighted by Crippen LogP contribution is 2.23. The van der Waals surface area contributed by atoms with Crippen molar-refractivity contribution >= 4 is 22.2 Å². The molecule has 1 N–H and O–H groups in total. The minimum atomic E-state index is -0.349. The van der Waals surface area contributed by atoms with E-state index >= 15 is 0 Å². The van der Waals surface area contributed by atoms with Crippen molar-refractivity contribution in [3.05, 3.63) is 47.0 Å². The SMILES string of the molecule is O=c1[nH]c2cnc(-n3cnc4cc(F)ccc43)nc2n1C1CCOCC1. The molecule has 0 bridgehead atoms. The average molecular weight is 354 g/mol. The first-order valence-corrected chi connectivity index (χ1v) is 8.39. The van der Waals surface area contributed by atoms with E-state index in [2.05, 4.69) is 19.9 Å². The van der Waals surface area contributed by atoms with Gasteiger partial charge in [-0.1, -0.05) is 0 Å². The lowest BCUT2D eigenvalue weighted by Gasteiger charge is -2.22. The van der Waals surface area contributed by atoms with E-state index in [0.717, 1.165) is 12.8 Å². The number of H-pyrrole nitrogens is 1. The fourth-order valence-corrected chi connectivity index (χ4v) is 3.45. The number of ether oxygens (including phenoxy) is 1. The molecule has 0 atom stereocenters. The maximum absolute atomic E-state index is 13.4. The van der Waals surface area contributed by atoms with Crippen LogP contribution in [0.5, 0.6) is 0 Å². The summed E-state index contributed by atoms with van der Waals surface area (Å²) >= 11 is 0. The third-order valence-corrected chi connectivity index (χ3v) is 4.73. The molecule has 1 aliphatic heterocycles. The molecule has 26 heavy (non-hydrogen) atoms. The molecule has 1 saturated heterocycles. The quantitative estimate of drug-likeness (QED) is 0.594.